The second-order valence-corrected chi connectivity index (χ2v) is 6.10. The maximum atomic E-state index is 13.9. The summed E-state index contributed by atoms with van der Waals surface area (Å²) in [6.45, 7) is 11.0. The van der Waals surface area contributed by atoms with Crippen molar-refractivity contribution in [2.75, 3.05) is 32.7 Å². The van der Waals surface area contributed by atoms with Crippen LogP contribution in [-0.2, 0) is 13.1 Å². The van der Waals surface area contributed by atoms with Crippen molar-refractivity contribution in [1.29, 1.82) is 0 Å². The van der Waals surface area contributed by atoms with Crippen molar-refractivity contribution in [3.63, 3.8) is 0 Å². The lowest BCUT2D eigenvalue weighted by Gasteiger charge is -2.35. The van der Waals surface area contributed by atoms with Crippen LogP contribution in [-0.4, -0.2) is 42.5 Å². The van der Waals surface area contributed by atoms with Crippen molar-refractivity contribution in [1.82, 2.24) is 9.80 Å². The molecule has 1 aliphatic rings. The monoisotopic (exact) mass is 279 g/mol. The zero-order chi connectivity index (χ0) is 14.5. The van der Waals surface area contributed by atoms with Crippen LogP contribution in [0.4, 0.5) is 4.39 Å². The van der Waals surface area contributed by atoms with Crippen LogP contribution < -0.4 is 5.73 Å². The Balaban J connectivity index is 1.86. The molecule has 1 aliphatic heterocycles. The summed E-state index contributed by atoms with van der Waals surface area (Å²) < 4.78 is 13.9. The fourth-order valence-corrected chi connectivity index (χ4v) is 2.73. The second kappa shape index (κ2) is 7.16. The third kappa shape index (κ3) is 4.27. The van der Waals surface area contributed by atoms with Gasteiger partial charge in [0.15, 0.2) is 0 Å². The first kappa shape index (κ1) is 15.4. The van der Waals surface area contributed by atoms with Crippen LogP contribution in [0.15, 0.2) is 18.2 Å². The first-order valence-electron chi connectivity index (χ1n) is 7.50. The van der Waals surface area contributed by atoms with Crippen molar-refractivity contribution in [2.24, 2.45) is 11.7 Å². The van der Waals surface area contributed by atoms with Gasteiger partial charge in [-0.15, -0.1) is 0 Å². The number of hydrogen-bond acceptors (Lipinski definition) is 3. The highest BCUT2D eigenvalue weighted by atomic mass is 19.1. The number of rotatable bonds is 5. The Morgan fingerprint density at radius 3 is 2.35 bits per heavy atom. The number of benzene rings is 1. The summed E-state index contributed by atoms with van der Waals surface area (Å²) >= 11 is 0. The first-order valence-corrected chi connectivity index (χ1v) is 7.50. The molecular weight excluding hydrogens is 253 g/mol. The van der Waals surface area contributed by atoms with Gasteiger partial charge in [0.05, 0.1) is 0 Å². The number of halogens is 1. The fourth-order valence-electron chi connectivity index (χ4n) is 2.73. The van der Waals surface area contributed by atoms with Crippen LogP contribution in [0.3, 0.4) is 0 Å². The molecule has 112 valence electrons. The molecule has 0 bridgehead atoms. The van der Waals surface area contributed by atoms with E-state index in [1.54, 1.807) is 6.07 Å². The lowest BCUT2D eigenvalue weighted by molar-refractivity contribution is 0.116. The number of nitrogens with two attached hydrogens (primary N) is 1. The van der Waals surface area contributed by atoms with Gasteiger partial charge in [-0.3, -0.25) is 4.90 Å². The van der Waals surface area contributed by atoms with Gasteiger partial charge in [0, 0.05) is 51.4 Å². The Hall–Kier alpha value is -0.970. The molecule has 1 fully saturated rings. The lowest BCUT2D eigenvalue weighted by Crippen LogP contribution is -2.46. The van der Waals surface area contributed by atoms with E-state index in [0.29, 0.717) is 19.0 Å². The predicted octanol–water partition coefficient (Wildman–Crippen LogP) is 2.06. The molecule has 2 N–H and O–H groups in total. The standard InChI is InChI=1S/C16H26FN3/c1-13(2)11-19-5-7-20(8-6-19)12-15-4-3-14(10-18)9-16(15)17/h3-4,9,13H,5-8,10-12,18H2,1-2H3. The summed E-state index contributed by atoms with van der Waals surface area (Å²) in [6, 6.07) is 5.36. The van der Waals surface area contributed by atoms with Gasteiger partial charge in [-0.2, -0.15) is 0 Å². The van der Waals surface area contributed by atoms with E-state index in [1.165, 1.54) is 0 Å². The molecule has 20 heavy (non-hydrogen) atoms. The minimum absolute atomic E-state index is 0.127. The van der Waals surface area contributed by atoms with Crippen molar-refractivity contribution >= 4 is 0 Å². The van der Waals surface area contributed by atoms with E-state index >= 15 is 0 Å². The molecule has 1 saturated heterocycles. The fraction of sp³-hybridized carbons (Fsp3) is 0.625. The van der Waals surface area contributed by atoms with Crippen LogP contribution >= 0.6 is 0 Å². The number of hydrogen-bond donors (Lipinski definition) is 1. The van der Waals surface area contributed by atoms with Crippen molar-refractivity contribution < 1.29 is 4.39 Å². The maximum absolute atomic E-state index is 13.9. The molecule has 0 spiro atoms. The molecule has 0 amide bonds. The average molecular weight is 279 g/mol. The smallest absolute Gasteiger partial charge is 0.128 e. The Labute approximate surface area is 121 Å². The summed E-state index contributed by atoms with van der Waals surface area (Å²) in [6.07, 6.45) is 0. The van der Waals surface area contributed by atoms with Gasteiger partial charge >= 0.3 is 0 Å². The predicted molar refractivity (Wildman–Crippen MR) is 80.8 cm³/mol. The van der Waals surface area contributed by atoms with Crippen LogP contribution in [0.1, 0.15) is 25.0 Å². The van der Waals surface area contributed by atoms with Gasteiger partial charge in [0.1, 0.15) is 5.82 Å². The largest absolute Gasteiger partial charge is 0.326 e. The van der Waals surface area contributed by atoms with E-state index < -0.39 is 0 Å². The Bertz CT molecular complexity index is 426. The molecule has 1 aromatic carbocycles. The van der Waals surface area contributed by atoms with Crippen LogP contribution in [0.25, 0.3) is 0 Å². The Morgan fingerprint density at radius 1 is 1.15 bits per heavy atom. The van der Waals surface area contributed by atoms with Crippen molar-refractivity contribution in [3.05, 3.63) is 35.1 Å². The number of nitrogens with zero attached hydrogens (tertiary/aromatic N) is 2. The van der Waals surface area contributed by atoms with E-state index in [1.807, 2.05) is 12.1 Å². The minimum atomic E-state index is -0.127. The third-order valence-electron chi connectivity index (χ3n) is 3.84. The van der Waals surface area contributed by atoms with Crippen LogP contribution in [0, 0.1) is 11.7 Å². The molecule has 4 heteroatoms. The van der Waals surface area contributed by atoms with Gasteiger partial charge in [-0.25, -0.2) is 4.39 Å². The highest BCUT2D eigenvalue weighted by Gasteiger charge is 2.18. The van der Waals surface area contributed by atoms with Crippen LogP contribution in [0.5, 0.6) is 0 Å². The molecule has 0 aromatic heterocycles. The van der Waals surface area contributed by atoms with Gasteiger partial charge in [0.25, 0.3) is 0 Å². The highest BCUT2D eigenvalue weighted by molar-refractivity contribution is 5.24. The highest BCUT2D eigenvalue weighted by Crippen LogP contribution is 2.14. The lowest BCUT2D eigenvalue weighted by atomic mass is 10.1. The Kier molecular flexibility index (Phi) is 5.52. The normalized spacial score (nSPS) is 17.9. The summed E-state index contributed by atoms with van der Waals surface area (Å²) in [7, 11) is 0. The minimum Gasteiger partial charge on any atom is -0.326 e. The molecular formula is C16H26FN3. The first-order chi connectivity index (χ1) is 9.58. The topological polar surface area (TPSA) is 32.5 Å². The van der Waals surface area contributed by atoms with Crippen molar-refractivity contribution in [2.45, 2.75) is 26.9 Å². The molecule has 1 aromatic rings. The Morgan fingerprint density at radius 2 is 1.80 bits per heavy atom. The van der Waals surface area contributed by atoms with E-state index in [-0.39, 0.29) is 5.82 Å². The zero-order valence-corrected chi connectivity index (χ0v) is 12.6. The van der Waals surface area contributed by atoms with Gasteiger partial charge in [-0.1, -0.05) is 26.0 Å². The molecule has 0 aliphatic carbocycles. The van der Waals surface area contributed by atoms with Gasteiger partial charge in [0.2, 0.25) is 0 Å². The number of piperazine rings is 1. The maximum Gasteiger partial charge on any atom is 0.128 e. The zero-order valence-electron chi connectivity index (χ0n) is 12.6. The van der Waals surface area contributed by atoms with E-state index in [2.05, 4.69) is 23.6 Å². The second-order valence-electron chi connectivity index (χ2n) is 6.10. The molecule has 0 unspecified atom stereocenters. The SMILES string of the molecule is CC(C)CN1CCN(Cc2ccc(CN)cc2F)CC1. The molecule has 0 radical (unpaired) electrons. The molecule has 0 atom stereocenters. The molecule has 3 nitrogen and oxygen atoms in total. The molecule has 2 rings (SSSR count). The summed E-state index contributed by atoms with van der Waals surface area (Å²) in [4.78, 5) is 4.83. The average Bonchev–Trinajstić information content (AvgIpc) is 2.42. The van der Waals surface area contributed by atoms with E-state index in [4.69, 9.17) is 5.73 Å². The van der Waals surface area contributed by atoms with Gasteiger partial charge < -0.3 is 10.6 Å². The van der Waals surface area contributed by atoms with Crippen LogP contribution in [0.2, 0.25) is 0 Å². The van der Waals surface area contributed by atoms with E-state index in [9.17, 15) is 4.39 Å². The molecule has 0 saturated carbocycles. The quantitative estimate of drug-likeness (QED) is 0.895. The summed E-state index contributed by atoms with van der Waals surface area (Å²) in [5.41, 5.74) is 7.16. The third-order valence-corrected chi connectivity index (χ3v) is 3.84. The van der Waals surface area contributed by atoms with E-state index in [0.717, 1.165) is 43.9 Å². The molecule has 1 heterocycles. The van der Waals surface area contributed by atoms with Gasteiger partial charge in [-0.05, 0) is 17.5 Å². The summed E-state index contributed by atoms with van der Waals surface area (Å²) in [5.74, 6) is 0.584. The van der Waals surface area contributed by atoms with Crippen molar-refractivity contribution in [3.8, 4) is 0 Å². The summed E-state index contributed by atoms with van der Waals surface area (Å²) in [5, 5.41) is 0.